The lowest BCUT2D eigenvalue weighted by Crippen LogP contribution is -2.48. The Balaban J connectivity index is 4.37. The van der Waals surface area contributed by atoms with Crippen molar-refractivity contribution in [3.8, 4) is 0 Å². The van der Waals surface area contributed by atoms with Gasteiger partial charge < -0.3 is 13.3 Å². The Morgan fingerprint density at radius 2 is 1.84 bits per heavy atom. The highest BCUT2D eigenvalue weighted by Gasteiger charge is 2.41. The first-order valence-electron chi connectivity index (χ1n) is 7.13. The number of carbonyl (C=O) groups excluding carboxylic acids is 1. The fourth-order valence-corrected chi connectivity index (χ4v) is 4.78. The summed E-state index contributed by atoms with van der Waals surface area (Å²) in [5.74, 6) is 0. The summed E-state index contributed by atoms with van der Waals surface area (Å²) in [6, 6.07) is 0.839. The van der Waals surface area contributed by atoms with E-state index in [9.17, 15) is 4.79 Å². The summed E-state index contributed by atoms with van der Waals surface area (Å²) in [4.78, 5) is 13.5. The SMILES string of the molecule is CCC[Si](OCC)(OCC)OC(C)CCCN=C=O. The largest absolute Gasteiger partial charge is 0.501 e. The van der Waals surface area contributed by atoms with Crippen molar-refractivity contribution >= 4 is 14.9 Å². The van der Waals surface area contributed by atoms with Crippen molar-refractivity contribution in [2.24, 2.45) is 4.99 Å². The quantitative estimate of drug-likeness (QED) is 0.240. The average molecular weight is 289 g/mol. The maximum Gasteiger partial charge on any atom is 0.501 e. The highest BCUT2D eigenvalue weighted by Crippen LogP contribution is 2.21. The zero-order chi connectivity index (χ0) is 14.6. The van der Waals surface area contributed by atoms with Gasteiger partial charge in [0.1, 0.15) is 0 Å². The van der Waals surface area contributed by atoms with E-state index < -0.39 is 8.80 Å². The zero-order valence-electron chi connectivity index (χ0n) is 12.6. The minimum absolute atomic E-state index is 0.0539. The molecular weight excluding hydrogens is 262 g/mol. The Bertz CT molecular complexity index is 252. The molecule has 0 aromatic heterocycles. The fourth-order valence-electron chi connectivity index (χ4n) is 1.93. The van der Waals surface area contributed by atoms with Crippen LogP contribution in [-0.4, -0.2) is 40.7 Å². The molecule has 0 amide bonds. The maximum absolute atomic E-state index is 9.98. The molecule has 1 unspecified atom stereocenters. The van der Waals surface area contributed by atoms with Crippen LogP contribution in [0.5, 0.6) is 0 Å². The van der Waals surface area contributed by atoms with Gasteiger partial charge in [0.15, 0.2) is 0 Å². The van der Waals surface area contributed by atoms with E-state index >= 15 is 0 Å². The molecule has 0 aromatic rings. The molecular formula is C13H27NO4Si. The Labute approximate surface area is 117 Å². The topological polar surface area (TPSA) is 57.1 Å². The van der Waals surface area contributed by atoms with Crippen LogP contribution >= 0.6 is 0 Å². The zero-order valence-corrected chi connectivity index (χ0v) is 13.6. The van der Waals surface area contributed by atoms with E-state index in [1.165, 1.54) is 0 Å². The average Bonchev–Trinajstić information content (AvgIpc) is 2.35. The van der Waals surface area contributed by atoms with E-state index in [1.807, 2.05) is 20.8 Å². The lowest BCUT2D eigenvalue weighted by atomic mass is 10.2. The molecule has 0 aliphatic heterocycles. The monoisotopic (exact) mass is 289 g/mol. The summed E-state index contributed by atoms with van der Waals surface area (Å²) in [7, 11) is -2.54. The Morgan fingerprint density at radius 3 is 2.32 bits per heavy atom. The number of rotatable bonds is 12. The third-order valence-corrected chi connectivity index (χ3v) is 5.94. The van der Waals surface area contributed by atoms with Gasteiger partial charge in [-0.3, -0.25) is 0 Å². The molecule has 0 saturated carbocycles. The maximum atomic E-state index is 9.98. The van der Waals surface area contributed by atoms with E-state index in [2.05, 4.69) is 11.9 Å². The van der Waals surface area contributed by atoms with Crippen LogP contribution in [0, 0.1) is 0 Å². The predicted molar refractivity (Wildman–Crippen MR) is 76.9 cm³/mol. The first-order chi connectivity index (χ1) is 9.14. The third kappa shape index (κ3) is 8.29. The van der Waals surface area contributed by atoms with Crippen molar-refractivity contribution in [2.45, 2.75) is 59.1 Å². The van der Waals surface area contributed by atoms with Crippen molar-refractivity contribution in [2.75, 3.05) is 19.8 Å². The van der Waals surface area contributed by atoms with Gasteiger partial charge in [0, 0.05) is 25.4 Å². The molecule has 0 heterocycles. The number of aliphatic imine (C=N–C) groups is 1. The van der Waals surface area contributed by atoms with E-state index in [0.717, 1.165) is 25.3 Å². The number of isocyanates is 1. The van der Waals surface area contributed by atoms with Gasteiger partial charge in [0.05, 0.1) is 6.54 Å². The Kier molecular flexibility index (Phi) is 11.0. The van der Waals surface area contributed by atoms with Crippen LogP contribution in [0.1, 0.15) is 47.0 Å². The van der Waals surface area contributed by atoms with Crippen molar-refractivity contribution in [3.63, 3.8) is 0 Å². The normalized spacial score (nSPS) is 13.1. The van der Waals surface area contributed by atoms with Crippen LogP contribution in [0.15, 0.2) is 4.99 Å². The summed E-state index contributed by atoms with van der Waals surface area (Å²) in [6.07, 6.45) is 4.23. The molecule has 0 N–H and O–H groups in total. The minimum atomic E-state index is -2.54. The number of hydrogen-bond donors (Lipinski definition) is 0. The first-order valence-corrected chi connectivity index (χ1v) is 9.06. The molecule has 0 fully saturated rings. The van der Waals surface area contributed by atoms with Crippen LogP contribution in [0.4, 0.5) is 0 Å². The van der Waals surface area contributed by atoms with Gasteiger partial charge in [0.2, 0.25) is 6.08 Å². The number of hydrogen-bond acceptors (Lipinski definition) is 5. The molecule has 0 aromatic carbocycles. The molecule has 0 spiro atoms. The molecule has 1 atom stereocenters. The van der Waals surface area contributed by atoms with Crippen molar-refractivity contribution in [3.05, 3.63) is 0 Å². The second-order valence-electron chi connectivity index (χ2n) is 4.34. The van der Waals surface area contributed by atoms with Crippen LogP contribution in [0.2, 0.25) is 6.04 Å². The molecule has 0 rings (SSSR count). The van der Waals surface area contributed by atoms with Gasteiger partial charge in [-0.25, -0.2) is 9.79 Å². The van der Waals surface area contributed by atoms with Crippen LogP contribution in [-0.2, 0) is 18.1 Å². The lowest BCUT2D eigenvalue weighted by molar-refractivity contribution is 0.0351. The summed E-state index contributed by atoms with van der Waals surface area (Å²) in [6.45, 7) is 9.75. The smallest absolute Gasteiger partial charge is 0.374 e. The molecule has 6 heteroatoms. The summed E-state index contributed by atoms with van der Waals surface area (Å²) in [5, 5.41) is 0. The highest BCUT2D eigenvalue weighted by molar-refractivity contribution is 6.60. The van der Waals surface area contributed by atoms with Gasteiger partial charge >= 0.3 is 8.80 Å². The van der Waals surface area contributed by atoms with E-state index in [0.29, 0.717) is 19.8 Å². The molecule has 112 valence electrons. The van der Waals surface area contributed by atoms with Gasteiger partial charge in [0.25, 0.3) is 0 Å². The fraction of sp³-hybridized carbons (Fsp3) is 0.923. The molecule has 19 heavy (non-hydrogen) atoms. The lowest BCUT2D eigenvalue weighted by Gasteiger charge is -2.31. The first kappa shape index (κ1) is 18.5. The molecule has 5 nitrogen and oxygen atoms in total. The van der Waals surface area contributed by atoms with Crippen molar-refractivity contribution in [1.29, 1.82) is 0 Å². The van der Waals surface area contributed by atoms with Crippen molar-refractivity contribution < 1.29 is 18.1 Å². The summed E-state index contributed by atoms with van der Waals surface area (Å²) in [5.41, 5.74) is 0. The minimum Gasteiger partial charge on any atom is -0.374 e. The van der Waals surface area contributed by atoms with Crippen molar-refractivity contribution in [1.82, 2.24) is 0 Å². The van der Waals surface area contributed by atoms with Gasteiger partial charge in [-0.2, -0.15) is 0 Å². The van der Waals surface area contributed by atoms with E-state index in [4.69, 9.17) is 13.3 Å². The van der Waals surface area contributed by atoms with Gasteiger partial charge in [-0.15, -0.1) is 0 Å². The molecule has 0 bridgehead atoms. The second kappa shape index (κ2) is 11.3. The number of nitrogens with zero attached hydrogens (tertiary/aromatic N) is 1. The molecule has 0 saturated heterocycles. The van der Waals surface area contributed by atoms with Crippen LogP contribution < -0.4 is 0 Å². The standard InChI is InChI=1S/C13H27NO4Si/c1-5-11-19(16-6-2,17-7-3)18-13(4)9-8-10-14-12-15/h13H,5-11H2,1-4H3. The summed E-state index contributed by atoms with van der Waals surface area (Å²) >= 11 is 0. The second-order valence-corrected chi connectivity index (χ2v) is 7.02. The van der Waals surface area contributed by atoms with Gasteiger partial charge in [-0.05, 0) is 33.6 Å². The van der Waals surface area contributed by atoms with Crippen LogP contribution in [0.3, 0.4) is 0 Å². The Hall–Kier alpha value is -0.523. The van der Waals surface area contributed by atoms with E-state index in [-0.39, 0.29) is 6.10 Å². The Morgan fingerprint density at radius 1 is 1.21 bits per heavy atom. The van der Waals surface area contributed by atoms with Gasteiger partial charge in [-0.1, -0.05) is 13.3 Å². The molecule has 0 aliphatic rings. The highest BCUT2D eigenvalue weighted by atomic mass is 28.4. The molecule has 0 aliphatic carbocycles. The van der Waals surface area contributed by atoms with E-state index in [1.54, 1.807) is 6.08 Å². The van der Waals surface area contributed by atoms with Crippen LogP contribution in [0.25, 0.3) is 0 Å². The molecule has 0 radical (unpaired) electrons. The summed E-state index contributed by atoms with van der Waals surface area (Å²) < 4.78 is 17.7. The third-order valence-electron chi connectivity index (χ3n) is 2.61. The predicted octanol–water partition coefficient (Wildman–Crippen LogP) is 2.93.